The Morgan fingerprint density at radius 1 is 1.12 bits per heavy atom. The number of anilines is 2. The van der Waals surface area contributed by atoms with E-state index in [0.717, 1.165) is 5.56 Å². The van der Waals surface area contributed by atoms with Crippen LogP contribution in [-0.2, 0) is 19.1 Å². The first-order valence-electron chi connectivity index (χ1n) is 13.6. The summed E-state index contributed by atoms with van der Waals surface area (Å²) in [6.45, 7) is 9.48. The van der Waals surface area contributed by atoms with E-state index in [-0.39, 0.29) is 42.9 Å². The molecule has 3 heterocycles. The van der Waals surface area contributed by atoms with Crippen molar-refractivity contribution in [2.45, 2.75) is 35.9 Å². The van der Waals surface area contributed by atoms with Crippen molar-refractivity contribution in [3.05, 3.63) is 84.4 Å². The second kappa shape index (κ2) is 11.7. The third kappa shape index (κ3) is 4.73. The monoisotopic (exact) mass is 641 g/mol. The largest absolute Gasteiger partial charge is 0.395 e. The van der Waals surface area contributed by atoms with Crippen molar-refractivity contribution in [3.63, 3.8) is 0 Å². The number of likely N-dealkylation sites (tertiary alicyclic amines) is 1. The molecule has 1 N–H and O–H groups in total. The summed E-state index contributed by atoms with van der Waals surface area (Å²) in [7, 11) is 0. The number of aryl methyl sites for hydroxylation is 1. The smallest absolute Gasteiger partial charge is 0.253 e. The van der Waals surface area contributed by atoms with Crippen LogP contribution in [0.25, 0.3) is 0 Å². The van der Waals surface area contributed by atoms with Crippen LogP contribution < -0.4 is 9.80 Å². The van der Waals surface area contributed by atoms with E-state index in [0.29, 0.717) is 22.8 Å². The quantitative estimate of drug-likeness (QED) is 0.311. The highest BCUT2D eigenvalue weighted by molar-refractivity contribution is 9.09. The third-order valence-electron chi connectivity index (χ3n) is 8.33. The number of halogens is 2. The summed E-state index contributed by atoms with van der Waals surface area (Å²) in [4.78, 5) is 47.3. The predicted octanol–water partition coefficient (Wildman–Crippen LogP) is 4.13. The van der Waals surface area contributed by atoms with Crippen molar-refractivity contribution in [1.29, 1.82) is 0 Å². The molecule has 3 saturated heterocycles. The fourth-order valence-corrected chi connectivity index (χ4v) is 8.08. The summed E-state index contributed by atoms with van der Waals surface area (Å²) >= 11 is 10.3. The van der Waals surface area contributed by atoms with Gasteiger partial charge >= 0.3 is 0 Å². The number of nitrogens with zero attached hydrogens (tertiary/aromatic N) is 3. The predicted molar refractivity (Wildman–Crippen MR) is 162 cm³/mol. The van der Waals surface area contributed by atoms with Gasteiger partial charge in [-0.2, -0.15) is 0 Å². The van der Waals surface area contributed by atoms with Gasteiger partial charge in [0.25, 0.3) is 5.91 Å². The lowest BCUT2D eigenvalue weighted by Crippen LogP contribution is -2.57. The topological polar surface area (TPSA) is 90.4 Å². The molecule has 8 nitrogen and oxygen atoms in total. The molecule has 3 fully saturated rings. The number of ether oxygens (including phenoxy) is 1. The first-order chi connectivity index (χ1) is 19.7. The second-order valence-corrected chi connectivity index (χ2v) is 12.2. The van der Waals surface area contributed by atoms with Gasteiger partial charge in [-0.1, -0.05) is 70.0 Å². The summed E-state index contributed by atoms with van der Waals surface area (Å²) in [5.74, 6) is -2.78. The van der Waals surface area contributed by atoms with Crippen molar-refractivity contribution in [3.8, 4) is 0 Å². The molecule has 2 bridgehead atoms. The first-order valence-corrected chi connectivity index (χ1v) is 14.9. The molecule has 0 aliphatic carbocycles. The molecule has 5 rings (SSSR count). The molecule has 216 valence electrons. The fourth-order valence-electron chi connectivity index (χ4n) is 6.81. The molecule has 0 aromatic heterocycles. The van der Waals surface area contributed by atoms with Crippen molar-refractivity contribution in [1.82, 2.24) is 4.90 Å². The minimum Gasteiger partial charge on any atom is -0.395 e. The lowest BCUT2D eigenvalue weighted by atomic mass is 9.70. The Hall–Kier alpha value is -2.98. The lowest BCUT2D eigenvalue weighted by Gasteiger charge is -2.37. The minimum atomic E-state index is -1.27. The first kappa shape index (κ1) is 29.5. The summed E-state index contributed by atoms with van der Waals surface area (Å²) in [5.41, 5.74) is 0.711. The number of hydrogen-bond donors (Lipinski definition) is 1. The van der Waals surface area contributed by atoms with Crippen molar-refractivity contribution < 1.29 is 24.2 Å². The molecular formula is C31H33BrClN3O5. The number of aliphatic hydroxyl groups excluding tert-OH is 1. The van der Waals surface area contributed by atoms with Crippen LogP contribution in [0.1, 0.15) is 12.0 Å². The van der Waals surface area contributed by atoms with Gasteiger partial charge in [-0.25, -0.2) is 0 Å². The summed E-state index contributed by atoms with van der Waals surface area (Å²) in [6.07, 6.45) is 2.98. The SMILES string of the molecule is C=CCN(C(=O)[C@H]1[C@H]2C(=O)N(CCO)C(C(=O)N(CC=C)c3c(C)cccc3Cl)C23CC(Br)[C@@H]1O3)c1ccccc1. The number of aliphatic hydroxyl groups is 1. The van der Waals surface area contributed by atoms with E-state index in [4.69, 9.17) is 16.3 Å². The van der Waals surface area contributed by atoms with Gasteiger partial charge in [0.15, 0.2) is 0 Å². The van der Waals surface area contributed by atoms with Crippen molar-refractivity contribution in [2.75, 3.05) is 36.0 Å². The van der Waals surface area contributed by atoms with Gasteiger partial charge in [-0.05, 0) is 37.1 Å². The standard InChI is InChI=1S/C31H33BrClN3O5/c1-4-14-34(20-11-7-6-8-12-20)28(38)23-24-29(39)36(16-17-37)27(31(24)18-21(32)26(23)41-31)30(40)35(15-5-2)25-19(3)10-9-13-22(25)33/h4-13,21,23-24,26-27,37H,1-2,14-18H2,3H3/t21?,23-,24-,26-,27?,31?/m0/s1. The molecule has 1 spiro atoms. The van der Waals surface area contributed by atoms with Gasteiger partial charge in [-0.3, -0.25) is 14.4 Å². The van der Waals surface area contributed by atoms with Crippen molar-refractivity contribution >= 4 is 56.6 Å². The van der Waals surface area contributed by atoms with Gasteiger partial charge < -0.3 is 24.5 Å². The normalized spacial score (nSPS) is 28.0. The molecule has 6 atom stereocenters. The van der Waals surface area contributed by atoms with Crippen LogP contribution in [0.2, 0.25) is 5.02 Å². The van der Waals surface area contributed by atoms with E-state index in [1.165, 1.54) is 9.80 Å². The number of amides is 3. The average molecular weight is 643 g/mol. The number of benzene rings is 2. The lowest BCUT2D eigenvalue weighted by molar-refractivity contribution is -0.141. The zero-order chi connectivity index (χ0) is 29.5. The molecule has 2 aromatic carbocycles. The molecule has 0 radical (unpaired) electrons. The van der Waals surface area contributed by atoms with E-state index in [9.17, 15) is 19.5 Å². The number of hydrogen-bond acceptors (Lipinski definition) is 5. The number of β-amino-alcohol motifs (C(OH)–C–C–N with tert-alkyl or cyclic N) is 1. The maximum atomic E-state index is 14.6. The Labute approximate surface area is 253 Å². The van der Waals surface area contributed by atoms with Crippen LogP contribution >= 0.6 is 27.5 Å². The number of rotatable bonds is 10. The number of para-hydroxylation sites is 2. The van der Waals surface area contributed by atoms with Crippen LogP contribution in [0.4, 0.5) is 11.4 Å². The van der Waals surface area contributed by atoms with E-state index in [1.54, 1.807) is 29.2 Å². The van der Waals surface area contributed by atoms with Gasteiger partial charge in [0.1, 0.15) is 11.6 Å². The maximum Gasteiger partial charge on any atom is 0.253 e. The van der Waals surface area contributed by atoms with E-state index in [2.05, 4.69) is 29.1 Å². The van der Waals surface area contributed by atoms with E-state index in [1.807, 2.05) is 43.3 Å². The highest BCUT2D eigenvalue weighted by Gasteiger charge is 2.77. The van der Waals surface area contributed by atoms with Crippen LogP contribution in [0.5, 0.6) is 0 Å². The highest BCUT2D eigenvalue weighted by atomic mass is 79.9. The van der Waals surface area contributed by atoms with Gasteiger partial charge in [0, 0.05) is 30.1 Å². The Morgan fingerprint density at radius 2 is 1.80 bits per heavy atom. The van der Waals surface area contributed by atoms with Crippen LogP contribution in [-0.4, -0.2) is 76.5 Å². The van der Waals surface area contributed by atoms with E-state index < -0.39 is 35.5 Å². The fraction of sp³-hybridized carbons (Fsp3) is 0.387. The second-order valence-electron chi connectivity index (χ2n) is 10.6. The van der Waals surface area contributed by atoms with E-state index >= 15 is 0 Å². The number of carbonyl (C=O) groups excluding carboxylic acids is 3. The summed E-state index contributed by atoms with van der Waals surface area (Å²) in [5, 5.41) is 10.4. The molecule has 2 aromatic rings. The van der Waals surface area contributed by atoms with Crippen LogP contribution in [0.3, 0.4) is 0 Å². The molecule has 3 aliphatic rings. The molecule has 3 amide bonds. The molecular weight excluding hydrogens is 610 g/mol. The van der Waals surface area contributed by atoms with Gasteiger partial charge in [0.2, 0.25) is 11.8 Å². The van der Waals surface area contributed by atoms with Crippen LogP contribution in [0, 0.1) is 18.8 Å². The van der Waals surface area contributed by atoms with Gasteiger partial charge in [0.05, 0.1) is 35.3 Å². The molecule has 3 aliphatic heterocycles. The highest BCUT2D eigenvalue weighted by Crippen LogP contribution is 2.60. The number of fused-ring (bicyclic) bond motifs is 1. The average Bonchev–Trinajstić information content (AvgIpc) is 3.54. The van der Waals surface area contributed by atoms with Gasteiger partial charge in [-0.15, -0.1) is 13.2 Å². The Kier molecular flexibility index (Phi) is 8.43. The maximum absolute atomic E-state index is 14.6. The molecule has 41 heavy (non-hydrogen) atoms. The Balaban J connectivity index is 1.60. The minimum absolute atomic E-state index is 0.0755. The van der Waals surface area contributed by atoms with Crippen LogP contribution in [0.15, 0.2) is 73.8 Å². The molecule has 3 unspecified atom stereocenters. The summed E-state index contributed by atoms with van der Waals surface area (Å²) in [6, 6.07) is 13.5. The molecule has 0 saturated carbocycles. The summed E-state index contributed by atoms with van der Waals surface area (Å²) < 4.78 is 6.63. The van der Waals surface area contributed by atoms with Crippen molar-refractivity contribution in [2.24, 2.45) is 11.8 Å². The zero-order valence-electron chi connectivity index (χ0n) is 22.8. The Morgan fingerprint density at radius 3 is 2.44 bits per heavy atom. The number of alkyl halides is 1. The zero-order valence-corrected chi connectivity index (χ0v) is 25.1. The number of carbonyl (C=O) groups is 3. The third-order valence-corrected chi connectivity index (χ3v) is 9.48. The Bertz CT molecular complexity index is 1350. The molecule has 10 heteroatoms.